The van der Waals surface area contributed by atoms with Gasteiger partial charge in [0.2, 0.25) is 0 Å². The lowest BCUT2D eigenvalue weighted by Crippen LogP contribution is -2.11. The largest absolute Gasteiger partial charge is 0.466 e. The van der Waals surface area contributed by atoms with Gasteiger partial charge in [-0.1, -0.05) is 91.4 Å². The number of hydrogen-bond donors (Lipinski definition) is 0. The van der Waals surface area contributed by atoms with Crippen molar-refractivity contribution in [2.24, 2.45) is 5.92 Å². The van der Waals surface area contributed by atoms with Crippen LogP contribution in [0.3, 0.4) is 0 Å². The second kappa shape index (κ2) is 26.6. The molecule has 0 radical (unpaired) electrons. The Balaban J connectivity index is 3.15. The number of hydrogen-bond acceptors (Lipinski definition) is 5. The van der Waals surface area contributed by atoms with E-state index in [0.29, 0.717) is 58.4 Å². The molecule has 32 heavy (non-hydrogen) atoms. The number of esters is 1. The molecular weight excluding hydrogens is 404 g/mol. The number of carbonyl (C=O) groups excluding carboxylic acids is 1. The summed E-state index contributed by atoms with van der Waals surface area (Å²) in [6, 6.07) is 0. The smallest absolute Gasteiger partial charge is 0.305 e. The van der Waals surface area contributed by atoms with E-state index in [-0.39, 0.29) is 5.97 Å². The van der Waals surface area contributed by atoms with E-state index in [2.05, 4.69) is 20.8 Å². The zero-order chi connectivity index (χ0) is 23.5. The van der Waals surface area contributed by atoms with Gasteiger partial charge in [0.25, 0.3) is 0 Å². The minimum Gasteiger partial charge on any atom is -0.466 e. The van der Waals surface area contributed by atoms with Crippen LogP contribution >= 0.6 is 0 Å². The number of carbonyl (C=O) groups is 1. The molecule has 0 rings (SSSR count). The molecule has 0 bridgehead atoms. The molecule has 0 aliphatic carbocycles. The zero-order valence-electron chi connectivity index (χ0n) is 21.7. The molecule has 0 amide bonds. The predicted molar refractivity (Wildman–Crippen MR) is 133 cm³/mol. The van der Waals surface area contributed by atoms with Crippen LogP contribution in [-0.4, -0.2) is 52.2 Å². The van der Waals surface area contributed by atoms with Crippen molar-refractivity contribution in [2.45, 2.75) is 117 Å². The first kappa shape index (κ1) is 31.4. The van der Waals surface area contributed by atoms with Crippen LogP contribution in [0.5, 0.6) is 0 Å². The summed E-state index contributed by atoms with van der Waals surface area (Å²) in [5.74, 6) is 0.572. The fourth-order valence-corrected chi connectivity index (χ4v) is 3.38. The molecule has 0 aromatic rings. The second-order valence-electron chi connectivity index (χ2n) is 9.23. The Morgan fingerprint density at radius 3 is 1.56 bits per heavy atom. The summed E-state index contributed by atoms with van der Waals surface area (Å²) in [6.45, 7) is 10.9. The molecule has 5 heteroatoms. The highest BCUT2D eigenvalue weighted by Gasteiger charge is 2.03. The lowest BCUT2D eigenvalue weighted by molar-refractivity contribution is -0.144. The van der Waals surface area contributed by atoms with Gasteiger partial charge < -0.3 is 18.9 Å². The van der Waals surface area contributed by atoms with E-state index in [1.165, 1.54) is 64.2 Å². The van der Waals surface area contributed by atoms with Crippen LogP contribution in [0.4, 0.5) is 0 Å². The Morgan fingerprint density at radius 1 is 0.562 bits per heavy atom. The van der Waals surface area contributed by atoms with E-state index in [0.717, 1.165) is 25.9 Å². The van der Waals surface area contributed by atoms with Crippen molar-refractivity contribution in [3.8, 4) is 0 Å². The molecule has 0 atom stereocenters. The molecule has 0 fully saturated rings. The summed E-state index contributed by atoms with van der Waals surface area (Å²) in [7, 11) is 0. The molecule has 0 aromatic carbocycles. The molecule has 0 heterocycles. The molecule has 0 aliphatic heterocycles. The lowest BCUT2D eigenvalue weighted by atomic mass is 10.1. The molecule has 0 saturated carbocycles. The van der Waals surface area contributed by atoms with Crippen molar-refractivity contribution in [1.29, 1.82) is 0 Å². The Bertz CT molecular complexity index is 373. The highest BCUT2D eigenvalue weighted by atomic mass is 16.5. The fourth-order valence-electron chi connectivity index (χ4n) is 3.38. The van der Waals surface area contributed by atoms with E-state index in [4.69, 9.17) is 18.9 Å². The van der Waals surface area contributed by atoms with Crippen molar-refractivity contribution in [2.75, 3.05) is 46.2 Å². The molecule has 0 aliphatic rings. The molecule has 0 saturated heterocycles. The highest BCUT2D eigenvalue weighted by molar-refractivity contribution is 5.69. The minimum absolute atomic E-state index is 0.105. The van der Waals surface area contributed by atoms with E-state index in [1.54, 1.807) is 0 Å². The average Bonchev–Trinajstić information content (AvgIpc) is 2.77. The van der Waals surface area contributed by atoms with Gasteiger partial charge in [0, 0.05) is 19.6 Å². The summed E-state index contributed by atoms with van der Waals surface area (Å²) in [4.78, 5) is 11.7. The number of ether oxygens (including phenoxy) is 4. The van der Waals surface area contributed by atoms with E-state index in [9.17, 15) is 4.79 Å². The molecule has 0 spiro atoms. The third-order valence-electron chi connectivity index (χ3n) is 5.51. The van der Waals surface area contributed by atoms with Gasteiger partial charge in [-0.3, -0.25) is 4.79 Å². The van der Waals surface area contributed by atoms with Gasteiger partial charge in [-0.2, -0.15) is 0 Å². The predicted octanol–water partition coefficient (Wildman–Crippen LogP) is 7.11. The van der Waals surface area contributed by atoms with Crippen molar-refractivity contribution < 1.29 is 23.7 Å². The van der Waals surface area contributed by atoms with Crippen molar-refractivity contribution in [3.63, 3.8) is 0 Å². The van der Waals surface area contributed by atoms with Crippen LogP contribution in [0.1, 0.15) is 117 Å². The summed E-state index contributed by atoms with van der Waals surface area (Å²) in [5.41, 5.74) is 0. The Kier molecular flexibility index (Phi) is 26.1. The van der Waals surface area contributed by atoms with E-state index < -0.39 is 0 Å². The van der Waals surface area contributed by atoms with Crippen LogP contribution in [0, 0.1) is 5.92 Å². The first-order valence-corrected chi connectivity index (χ1v) is 13.6. The molecular formula is C27H54O5. The van der Waals surface area contributed by atoms with Gasteiger partial charge in [0.05, 0.1) is 33.0 Å². The van der Waals surface area contributed by atoms with Crippen LogP contribution in [-0.2, 0) is 23.7 Å². The summed E-state index contributed by atoms with van der Waals surface area (Å²) in [5, 5.41) is 0. The summed E-state index contributed by atoms with van der Waals surface area (Å²) in [6.07, 6.45) is 18.0. The van der Waals surface area contributed by atoms with Crippen LogP contribution in [0.15, 0.2) is 0 Å². The second-order valence-corrected chi connectivity index (χ2v) is 9.23. The lowest BCUT2D eigenvalue weighted by Gasteiger charge is -2.08. The summed E-state index contributed by atoms with van der Waals surface area (Å²) < 4.78 is 21.7. The normalized spacial score (nSPS) is 11.4. The van der Waals surface area contributed by atoms with Gasteiger partial charge in [-0.05, 0) is 25.2 Å². The van der Waals surface area contributed by atoms with Crippen molar-refractivity contribution in [3.05, 3.63) is 0 Å². The van der Waals surface area contributed by atoms with Gasteiger partial charge in [0.15, 0.2) is 0 Å². The Morgan fingerprint density at radius 2 is 1.03 bits per heavy atom. The first-order chi connectivity index (χ1) is 15.7. The first-order valence-electron chi connectivity index (χ1n) is 13.6. The fraction of sp³-hybridized carbons (Fsp3) is 0.963. The third-order valence-corrected chi connectivity index (χ3v) is 5.51. The maximum atomic E-state index is 11.7. The monoisotopic (exact) mass is 458 g/mol. The summed E-state index contributed by atoms with van der Waals surface area (Å²) >= 11 is 0. The zero-order valence-corrected chi connectivity index (χ0v) is 21.7. The standard InChI is InChI=1S/C27H54O5/c1-4-5-6-7-8-9-10-11-12-13-14-15-20-32-27(28)17-16-19-29-22-24-31-25-23-30-21-18-26(2)3/h26H,4-25H2,1-3H3. The molecule has 0 aromatic heterocycles. The molecule has 0 N–H and O–H groups in total. The van der Waals surface area contributed by atoms with Gasteiger partial charge in [0.1, 0.15) is 0 Å². The van der Waals surface area contributed by atoms with Crippen LogP contribution in [0.25, 0.3) is 0 Å². The quantitative estimate of drug-likeness (QED) is 0.102. The molecule has 5 nitrogen and oxygen atoms in total. The van der Waals surface area contributed by atoms with Crippen molar-refractivity contribution >= 4 is 5.97 Å². The van der Waals surface area contributed by atoms with E-state index >= 15 is 0 Å². The Hall–Kier alpha value is -0.650. The molecule has 0 unspecified atom stereocenters. The van der Waals surface area contributed by atoms with Crippen LogP contribution in [0.2, 0.25) is 0 Å². The maximum absolute atomic E-state index is 11.7. The third kappa shape index (κ3) is 27.4. The Labute approximate surface area is 199 Å². The van der Waals surface area contributed by atoms with Crippen molar-refractivity contribution in [1.82, 2.24) is 0 Å². The number of rotatable bonds is 26. The number of unbranched alkanes of at least 4 members (excludes halogenated alkanes) is 11. The van der Waals surface area contributed by atoms with Gasteiger partial charge in [-0.25, -0.2) is 0 Å². The average molecular weight is 459 g/mol. The molecule has 192 valence electrons. The maximum Gasteiger partial charge on any atom is 0.305 e. The SMILES string of the molecule is CCCCCCCCCCCCCCOC(=O)CCCOCCOCCOCCC(C)C. The van der Waals surface area contributed by atoms with Gasteiger partial charge >= 0.3 is 5.97 Å². The van der Waals surface area contributed by atoms with Gasteiger partial charge in [-0.15, -0.1) is 0 Å². The van der Waals surface area contributed by atoms with E-state index in [1.807, 2.05) is 0 Å². The van der Waals surface area contributed by atoms with Crippen LogP contribution < -0.4 is 0 Å². The topological polar surface area (TPSA) is 54.0 Å². The highest BCUT2D eigenvalue weighted by Crippen LogP contribution is 2.12. The minimum atomic E-state index is -0.105.